The molecule has 0 aliphatic carbocycles. The predicted octanol–water partition coefficient (Wildman–Crippen LogP) is 0.896. The number of nitrogens with one attached hydrogen (secondary N) is 1. The maximum absolute atomic E-state index is 13.4. The number of nitrogens with zero attached hydrogens (tertiary/aromatic N) is 4. The number of rotatable bonds is 8. The summed E-state index contributed by atoms with van der Waals surface area (Å²) in [5.41, 5.74) is 1.87. The van der Waals surface area contributed by atoms with E-state index in [0.29, 0.717) is 30.9 Å². The molecule has 0 unspecified atom stereocenters. The molecular weight excluding hydrogens is 541 g/mol. The summed E-state index contributed by atoms with van der Waals surface area (Å²) in [6.07, 6.45) is -1.31. The van der Waals surface area contributed by atoms with Gasteiger partial charge in [0, 0.05) is 50.5 Å². The predicted molar refractivity (Wildman–Crippen MR) is 146 cm³/mol. The molecule has 4 N–H and O–H groups in total. The van der Waals surface area contributed by atoms with E-state index in [1.54, 1.807) is 6.92 Å². The minimum Gasteiger partial charge on any atom is -0.450 e. The lowest BCUT2D eigenvalue weighted by Gasteiger charge is -2.36. The minimum absolute atomic E-state index is 0.0339. The summed E-state index contributed by atoms with van der Waals surface area (Å²) in [5.74, 6) is -1.43. The topological polar surface area (TPSA) is 173 Å². The van der Waals surface area contributed by atoms with Crippen LogP contribution in [-0.4, -0.2) is 112 Å². The van der Waals surface area contributed by atoms with Gasteiger partial charge in [0.1, 0.15) is 11.7 Å². The fourth-order valence-corrected chi connectivity index (χ4v) is 5.47. The number of piperazine rings is 1. The van der Waals surface area contributed by atoms with Crippen molar-refractivity contribution in [1.29, 1.82) is 0 Å². The zero-order chi connectivity index (χ0) is 28.9. The number of aliphatic hydroxyl groups excluding tert-OH is 1. The maximum atomic E-state index is 13.4. The van der Waals surface area contributed by atoms with Crippen LogP contribution in [0.2, 0.25) is 0 Å². The van der Waals surface area contributed by atoms with Crippen molar-refractivity contribution in [3.63, 3.8) is 0 Å². The van der Waals surface area contributed by atoms with E-state index in [4.69, 9.17) is 4.74 Å². The third-order valence-corrected chi connectivity index (χ3v) is 7.62. The Balaban J connectivity index is 1.56. The van der Waals surface area contributed by atoms with Crippen LogP contribution in [0.5, 0.6) is 0 Å². The fraction of sp³-hybridized carbons (Fsp3) is 0.462. The lowest BCUT2D eigenvalue weighted by atomic mass is 10.1. The van der Waals surface area contributed by atoms with Gasteiger partial charge >= 0.3 is 13.7 Å². The fourth-order valence-electron chi connectivity index (χ4n) is 4.75. The molecule has 4 rings (SSSR count). The van der Waals surface area contributed by atoms with E-state index in [-0.39, 0.29) is 38.5 Å². The van der Waals surface area contributed by atoms with Gasteiger partial charge < -0.3 is 39.6 Å². The molecule has 14 heteroatoms. The molecule has 3 heterocycles. The van der Waals surface area contributed by atoms with Gasteiger partial charge in [0.2, 0.25) is 5.91 Å². The van der Waals surface area contributed by atoms with Crippen molar-refractivity contribution in [3.05, 3.63) is 48.2 Å². The van der Waals surface area contributed by atoms with Gasteiger partial charge in [-0.1, -0.05) is 30.3 Å². The van der Waals surface area contributed by atoms with Crippen LogP contribution in [0, 0.1) is 0 Å². The van der Waals surface area contributed by atoms with E-state index < -0.39 is 43.8 Å². The Morgan fingerprint density at radius 3 is 2.35 bits per heavy atom. The molecule has 3 amide bonds. The van der Waals surface area contributed by atoms with Crippen LogP contribution in [0.3, 0.4) is 0 Å². The smallest absolute Gasteiger partial charge is 0.409 e. The van der Waals surface area contributed by atoms with Gasteiger partial charge in [0.25, 0.3) is 5.91 Å². The molecule has 0 spiro atoms. The zero-order valence-corrected chi connectivity index (χ0v) is 23.1. The lowest BCUT2D eigenvalue weighted by molar-refractivity contribution is -0.134. The van der Waals surface area contributed by atoms with Crippen molar-refractivity contribution >= 4 is 31.2 Å². The molecule has 2 fully saturated rings. The van der Waals surface area contributed by atoms with Gasteiger partial charge in [0.15, 0.2) is 0 Å². The van der Waals surface area contributed by atoms with Crippen LogP contribution in [-0.2, 0) is 14.1 Å². The maximum Gasteiger partial charge on any atom is 0.409 e. The van der Waals surface area contributed by atoms with Gasteiger partial charge in [-0.05, 0) is 25.5 Å². The Hall–Kier alpha value is -3.51. The number of amides is 3. The Kier molecular flexibility index (Phi) is 9.41. The highest BCUT2D eigenvalue weighted by atomic mass is 31.2. The number of β-amino-alcohol motifs (C(OH)–C–C–N with tert-alkyl or cyclic N) is 1. The SMILES string of the molecule is CCOC(=O)N1CCN(C(=O)[C@H](CP(=O)(O)O)NC(=O)c2cc(N3CC[C@@H](O)C3)cc(-c3ccccc3)n2)CC1. The van der Waals surface area contributed by atoms with Crippen LogP contribution >= 0.6 is 7.60 Å². The molecule has 0 saturated carbocycles. The number of aromatic nitrogens is 1. The first-order valence-corrected chi connectivity index (χ1v) is 14.9. The first-order chi connectivity index (χ1) is 19.0. The zero-order valence-electron chi connectivity index (χ0n) is 22.2. The molecule has 0 bridgehead atoms. The Bertz CT molecular complexity index is 1260. The minimum atomic E-state index is -4.71. The second-order valence-electron chi connectivity index (χ2n) is 9.73. The summed E-state index contributed by atoms with van der Waals surface area (Å²) in [6.45, 7) is 3.49. The number of carbonyl (C=O) groups excluding carboxylic acids is 3. The quantitative estimate of drug-likeness (QED) is 0.331. The van der Waals surface area contributed by atoms with E-state index in [2.05, 4.69) is 10.3 Å². The molecule has 2 aliphatic heterocycles. The summed E-state index contributed by atoms with van der Waals surface area (Å²) < 4.78 is 16.9. The standard InChI is InChI=1S/C26H34N5O8P/c1-2-39-26(35)30-12-10-29(11-13-30)25(34)23(17-40(36,37)38)28-24(33)22-15-19(31-9-8-20(32)16-31)14-21(27-22)18-6-4-3-5-7-18/h3-7,14-15,20,23,32H,2,8-13,16-17H2,1H3,(H,28,33)(H2,36,37,38)/t20-,23+/m1/s1. The number of hydrogen-bond acceptors (Lipinski definition) is 8. The first kappa shape index (κ1) is 29.5. The molecule has 2 saturated heterocycles. The molecule has 216 valence electrons. The van der Waals surface area contributed by atoms with Gasteiger partial charge in [-0.3, -0.25) is 14.2 Å². The summed E-state index contributed by atoms with van der Waals surface area (Å²) in [6, 6.07) is 11.0. The number of ether oxygens (including phenoxy) is 1. The molecule has 2 aliphatic rings. The van der Waals surface area contributed by atoms with Gasteiger partial charge in [-0.25, -0.2) is 9.78 Å². The van der Waals surface area contributed by atoms with E-state index in [1.165, 1.54) is 15.9 Å². The highest BCUT2D eigenvalue weighted by Crippen LogP contribution is 2.35. The van der Waals surface area contributed by atoms with Crippen molar-refractivity contribution < 1.29 is 38.6 Å². The van der Waals surface area contributed by atoms with Crippen LogP contribution in [0.25, 0.3) is 11.3 Å². The average molecular weight is 576 g/mol. The molecule has 40 heavy (non-hydrogen) atoms. The number of benzene rings is 1. The summed E-state index contributed by atoms with van der Waals surface area (Å²) in [5, 5.41) is 12.5. The van der Waals surface area contributed by atoms with Gasteiger partial charge in [0.05, 0.1) is 24.6 Å². The first-order valence-electron chi connectivity index (χ1n) is 13.1. The molecule has 0 radical (unpaired) electrons. The number of aliphatic hydroxyl groups is 1. The number of anilines is 1. The number of pyridine rings is 1. The average Bonchev–Trinajstić information content (AvgIpc) is 3.38. The summed E-state index contributed by atoms with van der Waals surface area (Å²) >= 11 is 0. The second kappa shape index (κ2) is 12.8. The molecular formula is C26H34N5O8P. The van der Waals surface area contributed by atoms with Crippen molar-refractivity contribution in [1.82, 2.24) is 20.1 Å². The molecule has 1 aromatic heterocycles. The normalized spacial score (nSPS) is 18.4. The van der Waals surface area contributed by atoms with E-state index in [9.17, 15) is 33.8 Å². The lowest BCUT2D eigenvalue weighted by Crippen LogP contribution is -2.56. The van der Waals surface area contributed by atoms with E-state index in [1.807, 2.05) is 41.3 Å². The van der Waals surface area contributed by atoms with Crippen molar-refractivity contribution in [3.8, 4) is 11.3 Å². The van der Waals surface area contributed by atoms with Gasteiger partial charge in [-0.2, -0.15) is 0 Å². The highest BCUT2D eigenvalue weighted by Gasteiger charge is 2.35. The third-order valence-electron chi connectivity index (χ3n) is 6.78. The van der Waals surface area contributed by atoms with E-state index in [0.717, 1.165) is 5.56 Å². The van der Waals surface area contributed by atoms with E-state index >= 15 is 0 Å². The largest absolute Gasteiger partial charge is 0.450 e. The van der Waals surface area contributed by atoms with Crippen molar-refractivity contribution in [2.24, 2.45) is 0 Å². The van der Waals surface area contributed by atoms with Crippen LogP contribution in [0.1, 0.15) is 23.8 Å². The number of carbonyl (C=O) groups is 3. The Labute approximate surface area is 231 Å². The molecule has 2 atom stereocenters. The summed E-state index contributed by atoms with van der Waals surface area (Å²) in [7, 11) is -4.71. The highest BCUT2D eigenvalue weighted by molar-refractivity contribution is 7.51. The van der Waals surface area contributed by atoms with Crippen molar-refractivity contribution in [2.75, 3.05) is 56.9 Å². The molecule has 1 aromatic carbocycles. The third kappa shape index (κ3) is 7.57. The summed E-state index contributed by atoms with van der Waals surface area (Å²) in [4.78, 5) is 67.3. The van der Waals surface area contributed by atoms with Crippen LogP contribution in [0.4, 0.5) is 10.5 Å². The van der Waals surface area contributed by atoms with Gasteiger partial charge in [-0.15, -0.1) is 0 Å². The Morgan fingerprint density at radius 1 is 1.07 bits per heavy atom. The Morgan fingerprint density at radius 2 is 1.75 bits per heavy atom. The second-order valence-corrected chi connectivity index (χ2v) is 11.4. The van der Waals surface area contributed by atoms with Crippen molar-refractivity contribution in [2.45, 2.75) is 25.5 Å². The monoisotopic (exact) mass is 575 g/mol. The number of hydrogen-bond donors (Lipinski definition) is 4. The van der Waals surface area contributed by atoms with Crippen LogP contribution in [0.15, 0.2) is 42.5 Å². The molecule has 2 aromatic rings. The molecule has 13 nitrogen and oxygen atoms in total. The van der Waals surface area contributed by atoms with Crippen LogP contribution < -0.4 is 10.2 Å².